The van der Waals surface area contributed by atoms with E-state index in [1.165, 1.54) is 38.8 Å². The molecule has 0 bridgehead atoms. The van der Waals surface area contributed by atoms with Crippen molar-refractivity contribution in [2.45, 2.75) is 31.7 Å². The number of guanidine groups is 1. The standard InChI is InChI=1S/C17H33N5O.HI/c1-18-17(19-6-10-20-7-3-2-4-8-20)22-9-5-16(15-22)21-11-13-23-14-12-21;/h16H,2-15H2,1H3,(H,18,19);1H. The lowest BCUT2D eigenvalue weighted by atomic mass is 10.1. The lowest BCUT2D eigenvalue weighted by Crippen LogP contribution is -2.47. The predicted octanol–water partition coefficient (Wildman–Crippen LogP) is 1.07. The molecule has 3 fully saturated rings. The number of rotatable bonds is 4. The van der Waals surface area contributed by atoms with E-state index in [1.807, 2.05) is 7.05 Å². The molecule has 0 aliphatic carbocycles. The van der Waals surface area contributed by atoms with Gasteiger partial charge < -0.3 is 19.9 Å². The van der Waals surface area contributed by atoms with Crippen molar-refractivity contribution in [3.8, 4) is 0 Å². The van der Waals surface area contributed by atoms with Crippen molar-refractivity contribution >= 4 is 29.9 Å². The first-order valence-corrected chi connectivity index (χ1v) is 9.36. The molecule has 0 spiro atoms. The maximum absolute atomic E-state index is 5.47. The third kappa shape index (κ3) is 5.71. The maximum Gasteiger partial charge on any atom is 0.193 e. The van der Waals surface area contributed by atoms with Crippen LogP contribution < -0.4 is 5.32 Å². The number of morpholine rings is 1. The van der Waals surface area contributed by atoms with Crippen LogP contribution in [0, 0.1) is 0 Å². The van der Waals surface area contributed by atoms with Gasteiger partial charge in [0.25, 0.3) is 0 Å². The number of nitrogens with one attached hydrogen (secondary N) is 1. The molecule has 3 saturated heterocycles. The largest absolute Gasteiger partial charge is 0.379 e. The number of nitrogens with zero attached hydrogens (tertiary/aromatic N) is 4. The highest BCUT2D eigenvalue weighted by atomic mass is 127. The molecule has 1 N–H and O–H groups in total. The first-order valence-electron chi connectivity index (χ1n) is 9.36. The summed E-state index contributed by atoms with van der Waals surface area (Å²) >= 11 is 0. The number of ether oxygens (including phenoxy) is 1. The van der Waals surface area contributed by atoms with Crippen LogP contribution in [0.1, 0.15) is 25.7 Å². The van der Waals surface area contributed by atoms with Gasteiger partial charge in [-0.1, -0.05) is 6.42 Å². The average Bonchev–Trinajstić information content (AvgIpc) is 3.10. The molecule has 0 aromatic carbocycles. The van der Waals surface area contributed by atoms with Gasteiger partial charge in [-0.05, 0) is 32.4 Å². The summed E-state index contributed by atoms with van der Waals surface area (Å²) in [5, 5.41) is 3.57. The Morgan fingerprint density at radius 1 is 1.08 bits per heavy atom. The summed E-state index contributed by atoms with van der Waals surface area (Å²) in [7, 11) is 1.91. The van der Waals surface area contributed by atoms with Gasteiger partial charge in [0, 0.05) is 52.4 Å². The number of piperidine rings is 1. The lowest BCUT2D eigenvalue weighted by molar-refractivity contribution is 0.0195. The number of halogens is 1. The fourth-order valence-corrected chi connectivity index (χ4v) is 4.02. The molecule has 24 heavy (non-hydrogen) atoms. The van der Waals surface area contributed by atoms with Crippen LogP contribution in [0.3, 0.4) is 0 Å². The summed E-state index contributed by atoms with van der Waals surface area (Å²) in [6, 6.07) is 0.666. The van der Waals surface area contributed by atoms with Gasteiger partial charge in [-0.2, -0.15) is 0 Å². The second-order valence-corrected chi connectivity index (χ2v) is 6.91. The van der Waals surface area contributed by atoms with Crippen LogP contribution in [0.4, 0.5) is 0 Å². The summed E-state index contributed by atoms with van der Waals surface area (Å²) < 4.78 is 5.47. The van der Waals surface area contributed by atoms with Crippen LogP contribution in [-0.2, 0) is 4.74 Å². The number of aliphatic imine (C=N–C) groups is 1. The van der Waals surface area contributed by atoms with Crippen LogP contribution >= 0.6 is 24.0 Å². The zero-order chi connectivity index (χ0) is 15.9. The van der Waals surface area contributed by atoms with E-state index in [0.29, 0.717) is 6.04 Å². The van der Waals surface area contributed by atoms with Crippen molar-refractivity contribution in [3.05, 3.63) is 0 Å². The highest BCUT2D eigenvalue weighted by molar-refractivity contribution is 14.0. The Hall–Kier alpha value is -0.120. The minimum Gasteiger partial charge on any atom is -0.379 e. The SMILES string of the molecule is CN=C(NCCN1CCCCC1)N1CCC(N2CCOCC2)C1.I. The molecular formula is C17H34IN5O. The van der Waals surface area contributed by atoms with E-state index in [2.05, 4.69) is 25.0 Å². The summed E-state index contributed by atoms with van der Waals surface area (Å²) in [6.45, 7) is 10.8. The monoisotopic (exact) mass is 451 g/mol. The Kier molecular flexibility index (Phi) is 9.07. The molecule has 1 unspecified atom stereocenters. The fraction of sp³-hybridized carbons (Fsp3) is 0.941. The quantitative estimate of drug-likeness (QED) is 0.394. The Morgan fingerprint density at radius 2 is 1.83 bits per heavy atom. The minimum absolute atomic E-state index is 0. The summed E-state index contributed by atoms with van der Waals surface area (Å²) in [5.41, 5.74) is 0. The number of likely N-dealkylation sites (tertiary alicyclic amines) is 2. The van der Waals surface area contributed by atoms with Crippen LogP contribution in [0.25, 0.3) is 0 Å². The zero-order valence-corrected chi connectivity index (χ0v) is 17.4. The van der Waals surface area contributed by atoms with Gasteiger partial charge in [0.1, 0.15) is 0 Å². The summed E-state index contributed by atoms with van der Waals surface area (Å²) in [6.07, 6.45) is 5.37. The molecule has 0 saturated carbocycles. The summed E-state index contributed by atoms with van der Waals surface area (Å²) in [5.74, 6) is 1.08. The normalized spacial score (nSPS) is 27.1. The van der Waals surface area contributed by atoms with Crippen molar-refractivity contribution in [3.63, 3.8) is 0 Å². The van der Waals surface area contributed by atoms with Crippen molar-refractivity contribution in [2.75, 3.05) is 72.6 Å². The van der Waals surface area contributed by atoms with E-state index < -0.39 is 0 Å². The Bertz CT molecular complexity index is 383. The van der Waals surface area contributed by atoms with E-state index in [9.17, 15) is 0 Å². The molecule has 0 aromatic heterocycles. The molecule has 3 aliphatic rings. The van der Waals surface area contributed by atoms with Gasteiger partial charge in [0.15, 0.2) is 5.96 Å². The maximum atomic E-state index is 5.47. The first-order chi connectivity index (χ1) is 11.4. The first kappa shape index (κ1) is 20.2. The van der Waals surface area contributed by atoms with Crippen LogP contribution in [0.2, 0.25) is 0 Å². The highest BCUT2D eigenvalue weighted by Crippen LogP contribution is 2.17. The van der Waals surface area contributed by atoms with Crippen molar-refractivity contribution in [1.82, 2.24) is 20.0 Å². The molecular weight excluding hydrogens is 417 g/mol. The van der Waals surface area contributed by atoms with E-state index in [0.717, 1.165) is 58.4 Å². The molecule has 0 aromatic rings. The van der Waals surface area contributed by atoms with E-state index in [1.54, 1.807) is 0 Å². The van der Waals surface area contributed by atoms with Crippen molar-refractivity contribution in [1.29, 1.82) is 0 Å². The van der Waals surface area contributed by atoms with Crippen LogP contribution in [0.15, 0.2) is 4.99 Å². The van der Waals surface area contributed by atoms with Gasteiger partial charge in [-0.15, -0.1) is 24.0 Å². The van der Waals surface area contributed by atoms with Gasteiger partial charge in [-0.25, -0.2) is 0 Å². The fourth-order valence-electron chi connectivity index (χ4n) is 4.02. The second kappa shape index (κ2) is 10.8. The van der Waals surface area contributed by atoms with Crippen molar-refractivity contribution < 1.29 is 4.74 Å². The molecule has 0 radical (unpaired) electrons. The van der Waals surface area contributed by atoms with Gasteiger partial charge in [0.2, 0.25) is 0 Å². The van der Waals surface area contributed by atoms with Gasteiger partial charge in [-0.3, -0.25) is 9.89 Å². The average molecular weight is 451 g/mol. The Labute approximate surface area is 164 Å². The summed E-state index contributed by atoms with van der Waals surface area (Å²) in [4.78, 5) is 12.1. The van der Waals surface area contributed by atoms with E-state index in [-0.39, 0.29) is 24.0 Å². The second-order valence-electron chi connectivity index (χ2n) is 6.91. The van der Waals surface area contributed by atoms with E-state index >= 15 is 0 Å². The molecule has 7 heteroatoms. The van der Waals surface area contributed by atoms with E-state index in [4.69, 9.17) is 4.74 Å². The predicted molar refractivity (Wildman–Crippen MR) is 109 cm³/mol. The van der Waals surface area contributed by atoms with Crippen LogP contribution in [-0.4, -0.2) is 99.3 Å². The molecule has 1 atom stereocenters. The molecule has 3 heterocycles. The zero-order valence-electron chi connectivity index (χ0n) is 15.1. The van der Waals surface area contributed by atoms with Gasteiger partial charge >= 0.3 is 0 Å². The molecule has 3 rings (SSSR count). The Balaban J connectivity index is 0.00000208. The molecule has 140 valence electrons. The molecule has 0 amide bonds. The topological polar surface area (TPSA) is 43.3 Å². The number of hydrogen-bond donors (Lipinski definition) is 1. The van der Waals surface area contributed by atoms with Crippen LogP contribution in [0.5, 0.6) is 0 Å². The minimum atomic E-state index is 0. The van der Waals surface area contributed by atoms with Crippen molar-refractivity contribution in [2.24, 2.45) is 4.99 Å². The third-order valence-electron chi connectivity index (χ3n) is 5.40. The highest BCUT2D eigenvalue weighted by Gasteiger charge is 2.30. The Morgan fingerprint density at radius 3 is 2.54 bits per heavy atom. The number of hydrogen-bond acceptors (Lipinski definition) is 4. The smallest absolute Gasteiger partial charge is 0.193 e. The lowest BCUT2D eigenvalue weighted by Gasteiger charge is -2.32. The molecule has 6 nitrogen and oxygen atoms in total. The molecule has 3 aliphatic heterocycles. The third-order valence-corrected chi connectivity index (χ3v) is 5.40. The van der Waals surface area contributed by atoms with Gasteiger partial charge in [0.05, 0.1) is 13.2 Å².